The number of furan rings is 2. The van der Waals surface area contributed by atoms with Gasteiger partial charge in [-0.1, -0.05) is 176 Å². The average molecular weight is 796 g/mol. The highest BCUT2D eigenvalue weighted by Gasteiger charge is 2.21. The molecule has 0 saturated heterocycles. The van der Waals surface area contributed by atoms with Gasteiger partial charge in [0, 0.05) is 49.5 Å². The molecule has 0 aliphatic rings. The summed E-state index contributed by atoms with van der Waals surface area (Å²) in [5.41, 5.74) is 13.3. The fraction of sp³-hybridized carbons (Fsp3) is 0. The van der Waals surface area contributed by atoms with E-state index in [-0.39, 0.29) is 0 Å². The molecular weight excluding hydrogens is 763 g/mol. The monoisotopic (exact) mass is 795 g/mol. The first-order valence-electron chi connectivity index (χ1n) is 20.5. The summed E-state index contributed by atoms with van der Waals surface area (Å²) in [6.45, 7) is 0. The zero-order valence-electron chi connectivity index (χ0n) is 33.1. The molecule has 7 heteroatoms. The molecule has 290 valence electrons. The normalized spacial score (nSPS) is 11.5. The maximum absolute atomic E-state index is 6.75. The highest BCUT2D eigenvalue weighted by Crippen LogP contribution is 2.41. The highest BCUT2D eigenvalue weighted by molar-refractivity contribution is 6.15. The Balaban J connectivity index is 0.969. The molecule has 8 aromatic carbocycles. The minimum Gasteiger partial charge on any atom is -0.455 e. The van der Waals surface area contributed by atoms with Gasteiger partial charge in [-0.2, -0.15) is 0 Å². The fourth-order valence-corrected chi connectivity index (χ4v) is 8.38. The minimum absolute atomic E-state index is 0.569. The van der Waals surface area contributed by atoms with Crippen molar-refractivity contribution in [1.82, 2.24) is 24.9 Å². The Morgan fingerprint density at radius 1 is 0.290 bits per heavy atom. The summed E-state index contributed by atoms with van der Waals surface area (Å²) in [6, 6.07) is 67.6. The zero-order valence-corrected chi connectivity index (χ0v) is 33.1. The quantitative estimate of drug-likeness (QED) is 0.159. The van der Waals surface area contributed by atoms with Crippen molar-refractivity contribution in [2.45, 2.75) is 0 Å². The van der Waals surface area contributed by atoms with Crippen molar-refractivity contribution in [1.29, 1.82) is 0 Å². The van der Waals surface area contributed by atoms with Crippen molar-refractivity contribution in [2.75, 3.05) is 0 Å². The number of para-hydroxylation sites is 2. The van der Waals surface area contributed by atoms with Crippen LogP contribution in [0.5, 0.6) is 0 Å². The van der Waals surface area contributed by atoms with Crippen LogP contribution in [0.1, 0.15) is 0 Å². The second-order valence-electron chi connectivity index (χ2n) is 15.2. The summed E-state index contributed by atoms with van der Waals surface area (Å²) < 4.78 is 13.1. The van der Waals surface area contributed by atoms with E-state index < -0.39 is 0 Å². The standard InChI is InChI=1S/C55H33N5O2/c1-4-15-34(16-5-1)39-21-12-22-40(33-39)54-58-53(37-19-8-3-9-20-37)59-55(60-54)44-26-14-28-46-47(44)43-25-13-24-41(50(43)62-46)35-29-31-38(32-30-35)52-56-48(36-17-6-2-7-18-36)51-49(57-52)42-23-10-11-27-45(42)61-51/h1-33H. The average Bonchev–Trinajstić information content (AvgIpc) is 3.93. The Kier molecular flexibility index (Phi) is 8.35. The third kappa shape index (κ3) is 6.11. The number of nitrogens with zero attached hydrogens (tertiary/aromatic N) is 5. The van der Waals surface area contributed by atoms with Crippen molar-refractivity contribution < 1.29 is 8.83 Å². The van der Waals surface area contributed by atoms with Crippen LogP contribution in [0.15, 0.2) is 209 Å². The van der Waals surface area contributed by atoms with Crippen molar-refractivity contribution >= 4 is 44.0 Å². The van der Waals surface area contributed by atoms with Gasteiger partial charge < -0.3 is 8.83 Å². The second-order valence-corrected chi connectivity index (χ2v) is 15.2. The lowest BCUT2D eigenvalue weighted by atomic mass is 9.99. The topological polar surface area (TPSA) is 90.7 Å². The predicted octanol–water partition coefficient (Wildman–Crippen LogP) is 14.1. The van der Waals surface area contributed by atoms with Gasteiger partial charge in [-0.25, -0.2) is 24.9 Å². The lowest BCUT2D eigenvalue weighted by molar-refractivity contribution is 0.667. The SMILES string of the molecule is c1ccc(-c2cccc(-c3nc(-c4ccccc4)nc(-c4cccc5oc6c(-c7ccc(-c8nc(-c9ccccc9)c9oc%10ccccc%10c9n8)cc7)cccc6c45)n3)c2)cc1. The lowest BCUT2D eigenvalue weighted by Crippen LogP contribution is -2.00. The van der Waals surface area contributed by atoms with Gasteiger partial charge in [0.2, 0.25) is 0 Å². The Bertz CT molecular complexity index is 3620. The van der Waals surface area contributed by atoms with E-state index in [1.54, 1.807) is 0 Å². The molecule has 0 bridgehead atoms. The molecule has 0 fully saturated rings. The highest BCUT2D eigenvalue weighted by atomic mass is 16.3. The molecule has 0 spiro atoms. The molecule has 62 heavy (non-hydrogen) atoms. The number of fused-ring (bicyclic) bond motifs is 6. The summed E-state index contributed by atoms with van der Waals surface area (Å²) in [7, 11) is 0. The van der Waals surface area contributed by atoms with Crippen LogP contribution in [-0.4, -0.2) is 24.9 Å². The summed E-state index contributed by atoms with van der Waals surface area (Å²) in [4.78, 5) is 25.5. The van der Waals surface area contributed by atoms with E-state index >= 15 is 0 Å². The molecule has 4 aromatic heterocycles. The first-order chi connectivity index (χ1) is 30.7. The van der Waals surface area contributed by atoms with Gasteiger partial charge in [0.05, 0.1) is 0 Å². The van der Waals surface area contributed by atoms with Gasteiger partial charge in [-0.05, 0) is 41.0 Å². The summed E-state index contributed by atoms with van der Waals surface area (Å²) in [6.07, 6.45) is 0. The molecule has 0 saturated carbocycles. The summed E-state index contributed by atoms with van der Waals surface area (Å²) >= 11 is 0. The first-order valence-corrected chi connectivity index (χ1v) is 20.5. The molecule has 0 amide bonds. The third-order valence-corrected chi connectivity index (χ3v) is 11.4. The first kappa shape index (κ1) is 35.4. The Morgan fingerprint density at radius 2 is 0.806 bits per heavy atom. The number of aromatic nitrogens is 5. The Morgan fingerprint density at radius 3 is 1.60 bits per heavy atom. The molecular formula is C55H33N5O2. The molecule has 0 radical (unpaired) electrons. The number of hydrogen-bond acceptors (Lipinski definition) is 7. The van der Waals surface area contributed by atoms with Crippen LogP contribution in [0.2, 0.25) is 0 Å². The summed E-state index contributed by atoms with van der Waals surface area (Å²) in [5.74, 6) is 2.39. The maximum Gasteiger partial charge on any atom is 0.180 e. The van der Waals surface area contributed by atoms with Crippen molar-refractivity contribution in [2.24, 2.45) is 0 Å². The molecule has 0 aliphatic carbocycles. The van der Waals surface area contributed by atoms with E-state index in [4.69, 9.17) is 33.8 Å². The second kappa shape index (κ2) is 14.6. The Labute approximate surface area is 355 Å². The zero-order chi connectivity index (χ0) is 41.0. The lowest BCUT2D eigenvalue weighted by Gasteiger charge is -2.10. The van der Waals surface area contributed by atoms with Crippen LogP contribution in [0.4, 0.5) is 0 Å². The van der Waals surface area contributed by atoms with Gasteiger partial charge in [-0.3, -0.25) is 0 Å². The van der Waals surface area contributed by atoms with Crippen LogP contribution < -0.4 is 0 Å². The number of hydrogen-bond donors (Lipinski definition) is 0. The molecule has 4 heterocycles. The maximum atomic E-state index is 6.75. The Hall–Kier alpha value is -8.55. The molecule has 12 aromatic rings. The third-order valence-electron chi connectivity index (χ3n) is 11.4. The minimum atomic E-state index is 0.569. The van der Waals surface area contributed by atoms with Crippen LogP contribution in [-0.2, 0) is 0 Å². The van der Waals surface area contributed by atoms with Crippen molar-refractivity contribution in [3.63, 3.8) is 0 Å². The largest absolute Gasteiger partial charge is 0.455 e. The van der Waals surface area contributed by atoms with Crippen LogP contribution in [0.3, 0.4) is 0 Å². The van der Waals surface area contributed by atoms with Crippen LogP contribution in [0, 0.1) is 0 Å². The predicted molar refractivity (Wildman–Crippen MR) is 248 cm³/mol. The van der Waals surface area contributed by atoms with Gasteiger partial charge in [0.15, 0.2) is 28.9 Å². The van der Waals surface area contributed by atoms with Gasteiger partial charge in [0.1, 0.15) is 28.0 Å². The van der Waals surface area contributed by atoms with E-state index in [1.807, 2.05) is 115 Å². The summed E-state index contributed by atoms with van der Waals surface area (Å²) in [5, 5.41) is 2.87. The van der Waals surface area contributed by atoms with Crippen molar-refractivity contribution in [3.05, 3.63) is 200 Å². The van der Waals surface area contributed by atoms with E-state index in [0.717, 1.165) is 94.2 Å². The van der Waals surface area contributed by atoms with Crippen LogP contribution >= 0.6 is 0 Å². The molecule has 7 nitrogen and oxygen atoms in total. The molecule has 12 rings (SSSR count). The molecule has 0 aliphatic heterocycles. The van der Waals surface area contributed by atoms with Crippen LogP contribution in [0.25, 0.3) is 123 Å². The van der Waals surface area contributed by atoms with Gasteiger partial charge in [0.25, 0.3) is 0 Å². The van der Waals surface area contributed by atoms with Gasteiger partial charge in [-0.15, -0.1) is 0 Å². The fourth-order valence-electron chi connectivity index (χ4n) is 8.38. The number of rotatable bonds is 7. The molecule has 0 unspecified atom stereocenters. The van der Waals surface area contributed by atoms with E-state index in [0.29, 0.717) is 28.9 Å². The van der Waals surface area contributed by atoms with Gasteiger partial charge >= 0.3 is 0 Å². The molecule has 0 atom stereocenters. The smallest absolute Gasteiger partial charge is 0.180 e. The van der Waals surface area contributed by atoms with E-state index in [2.05, 4.69) is 84.9 Å². The molecule has 0 N–H and O–H groups in total. The number of benzene rings is 8. The van der Waals surface area contributed by atoms with E-state index in [1.165, 1.54) is 0 Å². The van der Waals surface area contributed by atoms with E-state index in [9.17, 15) is 0 Å². The van der Waals surface area contributed by atoms with Crippen molar-refractivity contribution in [3.8, 4) is 79.1 Å².